The number of pyridine rings is 2. The number of anilines is 2. The van der Waals surface area contributed by atoms with Gasteiger partial charge in [-0.15, -0.1) is 0 Å². The van der Waals surface area contributed by atoms with Gasteiger partial charge in [0.05, 0.1) is 34.4 Å². The summed E-state index contributed by atoms with van der Waals surface area (Å²) in [5, 5.41) is 8.79. The van der Waals surface area contributed by atoms with Gasteiger partial charge in [0.2, 0.25) is 5.43 Å². The Kier molecular flexibility index (Phi) is 5.23. The molecule has 0 amide bonds. The molecule has 1 saturated heterocycles. The molecule has 1 aliphatic heterocycles. The normalized spacial score (nSPS) is 22.8. The Morgan fingerprint density at radius 1 is 1.26 bits per heavy atom. The Morgan fingerprint density at radius 2 is 2.00 bits per heavy atom. The lowest BCUT2D eigenvalue weighted by atomic mass is 9.96. The van der Waals surface area contributed by atoms with Crippen molar-refractivity contribution in [2.45, 2.75) is 31.1 Å². The number of carboxylic acids is 1. The molecule has 178 valence electrons. The molecule has 34 heavy (non-hydrogen) atoms. The van der Waals surface area contributed by atoms with Crippen molar-refractivity contribution < 1.29 is 23.1 Å². The Labute approximate surface area is 191 Å². The summed E-state index contributed by atoms with van der Waals surface area (Å²) in [6, 6.07) is 4.03. The van der Waals surface area contributed by atoms with Crippen molar-refractivity contribution >= 4 is 28.2 Å². The molecule has 2 fully saturated rings. The summed E-state index contributed by atoms with van der Waals surface area (Å²) in [6.45, 7) is 0.486. The largest absolute Gasteiger partial charge is 0.477 e. The summed E-state index contributed by atoms with van der Waals surface area (Å²) >= 11 is 0. The van der Waals surface area contributed by atoms with E-state index in [1.54, 1.807) is 24.4 Å². The molecule has 2 aromatic heterocycles. The molecule has 5 N–H and O–H groups in total. The van der Waals surface area contributed by atoms with Crippen molar-refractivity contribution in [3.8, 4) is 0 Å². The molecular formula is C23H22F3N5O3. The highest BCUT2D eigenvalue weighted by molar-refractivity contribution is 5.99. The van der Waals surface area contributed by atoms with Crippen LogP contribution in [-0.2, 0) is 0 Å². The molecule has 4 atom stereocenters. The maximum absolute atomic E-state index is 15.9. The molecule has 0 radical (unpaired) electrons. The third-order valence-electron chi connectivity index (χ3n) is 6.71. The van der Waals surface area contributed by atoms with Crippen LogP contribution in [0.25, 0.3) is 10.9 Å². The molecule has 1 aliphatic carbocycles. The zero-order valence-electron chi connectivity index (χ0n) is 17.9. The number of nitrogens with zero attached hydrogens (tertiary/aromatic N) is 3. The van der Waals surface area contributed by atoms with Crippen molar-refractivity contribution in [1.82, 2.24) is 9.55 Å². The number of halogens is 3. The van der Waals surface area contributed by atoms with Crippen LogP contribution in [0.5, 0.6) is 0 Å². The molecule has 3 heterocycles. The average Bonchev–Trinajstić information content (AvgIpc) is 3.35. The van der Waals surface area contributed by atoms with Gasteiger partial charge in [0.1, 0.15) is 17.4 Å². The van der Waals surface area contributed by atoms with E-state index < -0.39 is 69.1 Å². The third kappa shape index (κ3) is 3.38. The second-order valence-electron chi connectivity index (χ2n) is 8.79. The van der Waals surface area contributed by atoms with Crippen molar-refractivity contribution in [1.29, 1.82) is 0 Å². The summed E-state index contributed by atoms with van der Waals surface area (Å²) in [5.74, 6) is -3.98. The number of benzene rings is 1. The van der Waals surface area contributed by atoms with Gasteiger partial charge in [0, 0.05) is 31.9 Å². The van der Waals surface area contributed by atoms with Gasteiger partial charge >= 0.3 is 5.97 Å². The zero-order valence-corrected chi connectivity index (χ0v) is 17.9. The second-order valence-corrected chi connectivity index (χ2v) is 8.79. The first kappa shape index (κ1) is 22.2. The minimum Gasteiger partial charge on any atom is -0.477 e. The Balaban J connectivity index is 1.63. The SMILES string of the molecule is Nc1c(F)c(N2CC[C@@H](C(N)c3ccccn3)C2)c(F)c2c1c(=O)c(C(=O)O)cn2[C@@H]1C[C@@H]1F. The summed E-state index contributed by atoms with van der Waals surface area (Å²) < 4.78 is 46.3. The topological polar surface area (TPSA) is 127 Å². The van der Waals surface area contributed by atoms with E-state index in [4.69, 9.17) is 11.5 Å². The monoisotopic (exact) mass is 473 g/mol. The fourth-order valence-corrected chi connectivity index (χ4v) is 4.78. The summed E-state index contributed by atoms with van der Waals surface area (Å²) in [4.78, 5) is 30.0. The Hall–Kier alpha value is -3.60. The molecule has 1 aromatic carbocycles. The van der Waals surface area contributed by atoms with E-state index in [1.807, 2.05) is 0 Å². The quantitative estimate of drug-likeness (QED) is 0.486. The number of aromatic nitrogens is 2. The van der Waals surface area contributed by atoms with E-state index in [2.05, 4.69) is 4.98 Å². The smallest absolute Gasteiger partial charge is 0.341 e. The number of alkyl halides is 1. The number of aromatic carboxylic acids is 1. The van der Waals surface area contributed by atoms with Crippen LogP contribution < -0.4 is 21.8 Å². The average molecular weight is 473 g/mol. The summed E-state index contributed by atoms with van der Waals surface area (Å²) in [6.07, 6.45) is 1.74. The Bertz CT molecular complexity index is 1360. The molecule has 11 heteroatoms. The second kappa shape index (κ2) is 8.01. The van der Waals surface area contributed by atoms with E-state index in [1.165, 1.54) is 4.90 Å². The number of rotatable bonds is 5. The number of fused-ring (bicyclic) bond motifs is 1. The number of hydrogen-bond donors (Lipinski definition) is 3. The van der Waals surface area contributed by atoms with Crippen LogP contribution in [0, 0.1) is 17.6 Å². The van der Waals surface area contributed by atoms with Gasteiger partial charge in [-0.05, 0) is 24.5 Å². The molecule has 0 bridgehead atoms. The van der Waals surface area contributed by atoms with Crippen LogP contribution in [0.3, 0.4) is 0 Å². The molecule has 1 unspecified atom stereocenters. The molecule has 0 spiro atoms. The van der Waals surface area contributed by atoms with Crippen LogP contribution in [0.15, 0.2) is 35.4 Å². The van der Waals surface area contributed by atoms with Gasteiger partial charge in [-0.1, -0.05) is 6.07 Å². The number of nitrogen functional groups attached to an aromatic ring is 1. The van der Waals surface area contributed by atoms with E-state index in [0.717, 1.165) is 10.8 Å². The molecule has 8 nitrogen and oxygen atoms in total. The predicted octanol–water partition coefficient (Wildman–Crippen LogP) is 2.76. The standard InChI is InChI=1S/C23H22F3N5O3/c24-12-7-14(12)31-9-11(23(33)34)22(32)15-19(28)16(25)21(17(26)20(15)31)30-6-4-10(8-30)18(27)13-3-1-2-5-29-13/h1-3,5,9-10,12,14,18H,4,6-8,27-28H2,(H,33,34)/t10-,12+,14-,18?/m1/s1. The van der Waals surface area contributed by atoms with Gasteiger partial charge in [-0.2, -0.15) is 0 Å². The lowest BCUT2D eigenvalue weighted by Gasteiger charge is -2.25. The fraction of sp³-hybridized carbons (Fsp3) is 0.348. The molecule has 2 aliphatic rings. The number of hydrogen-bond acceptors (Lipinski definition) is 6. The highest BCUT2D eigenvalue weighted by Gasteiger charge is 2.42. The maximum Gasteiger partial charge on any atom is 0.341 e. The van der Waals surface area contributed by atoms with Crippen LogP contribution in [0.1, 0.15) is 41.0 Å². The molecule has 1 saturated carbocycles. The van der Waals surface area contributed by atoms with Crippen LogP contribution in [-0.4, -0.2) is 39.9 Å². The van der Waals surface area contributed by atoms with Crippen molar-refractivity contribution in [3.05, 3.63) is 63.7 Å². The first-order valence-electron chi connectivity index (χ1n) is 10.8. The van der Waals surface area contributed by atoms with Crippen LogP contribution in [0.2, 0.25) is 0 Å². The Morgan fingerprint density at radius 3 is 2.62 bits per heavy atom. The van der Waals surface area contributed by atoms with E-state index in [-0.39, 0.29) is 25.4 Å². The lowest BCUT2D eigenvalue weighted by molar-refractivity contribution is 0.0694. The first-order chi connectivity index (χ1) is 16.2. The van der Waals surface area contributed by atoms with Crippen molar-refractivity contribution in [2.24, 2.45) is 11.7 Å². The third-order valence-corrected chi connectivity index (χ3v) is 6.71. The van der Waals surface area contributed by atoms with Gasteiger partial charge < -0.3 is 26.0 Å². The summed E-state index contributed by atoms with van der Waals surface area (Å²) in [7, 11) is 0. The van der Waals surface area contributed by atoms with Gasteiger partial charge in [-0.3, -0.25) is 9.78 Å². The van der Waals surface area contributed by atoms with Gasteiger partial charge in [0.25, 0.3) is 0 Å². The molecule has 3 aromatic rings. The van der Waals surface area contributed by atoms with E-state index in [9.17, 15) is 19.1 Å². The van der Waals surface area contributed by atoms with Crippen LogP contribution in [0.4, 0.5) is 24.5 Å². The zero-order chi connectivity index (χ0) is 24.3. The van der Waals surface area contributed by atoms with Gasteiger partial charge in [0.15, 0.2) is 11.6 Å². The minimum absolute atomic E-state index is 0.0216. The van der Waals surface area contributed by atoms with Crippen molar-refractivity contribution in [3.63, 3.8) is 0 Å². The summed E-state index contributed by atoms with van der Waals surface area (Å²) in [5.41, 5.74) is 9.59. The van der Waals surface area contributed by atoms with Crippen molar-refractivity contribution in [2.75, 3.05) is 23.7 Å². The predicted molar refractivity (Wildman–Crippen MR) is 120 cm³/mol. The van der Waals surface area contributed by atoms with Crippen LogP contribution >= 0.6 is 0 Å². The highest BCUT2D eigenvalue weighted by Crippen LogP contribution is 2.44. The first-order valence-corrected chi connectivity index (χ1v) is 10.8. The van der Waals surface area contributed by atoms with E-state index >= 15 is 8.78 Å². The molecule has 5 rings (SSSR count). The minimum atomic E-state index is -1.59. The number of carboxylic acid groups (broad SMARTS) is 1. The van der Waals surface area contributed by atoms with E-state index in [0.29, 0.717) is 12.1 Å². The number of nitrogens with two attached hydrogens (primary N) is 2. The lowest BCUT2D eigenvalue weighted by Crippen LogP contribution is -2.29. The molecular weight excluding hydrogens is 451 g/mol. The fourth-order valence-electron chi connectivity index (χ4n) is 4.78. The maximum atomic E-state index is 15.9. The van der Waals surface area contributed by atoms with Gasteiger partial charge in [-0.25, -0.2) is 18.0 Å². The number of carbonyl (C=O) groups is 1. The highest BCUT2D eigenvalue weighted by atomic mass is 19.1.